The van der Waals surface area contributed by atoms with Crippen LogP contribution in [0.25, 0.3) is 0 Å². The largest absolute Gasteiger partial charge is 0.495 e. The first kappa shape index (κ1) is 16.4. The van der Waals surface area contributed by atoms with Crippen LogP contribution >= 0.6 is 11.6 Å². The zero-order chi connectivity index (χ0) is 15.6. The van der Waals surface area contributed by atoms with Gasteiger partial charge >= 0.3 is 0 Å². The van der Waals surface area contributed by atoms with E-state index >= 15 is 0 Å². The molecule has 1 aliphatic heterocycles. The van der Waals surface area contributed by atoms with E-state index in [0.29, 0.717) is 18.0 Å². The number of halogens is 1. The van der Waals surface area contributed by atoms with Gasteiger partial charge in [-0.05, 0) is 30.9 Å². The molecule has 1 fully saturated rings. The number of benzene rings is 1. The second-order valence-electron chi connectivity index (χ2n) is 6.25. The number of piperazine rings is 1. The lowest BCUT2D eigenvalue weighted by Gasteiger charge is -2.44. The topological polar surface area (TPSA) is 24.5 Å². The predicted octanol–water partition coefficient (Wildman–Crippen LogP) is 3.87. The van der Waals surface area contributed by atoms with Gasteiger partial charge < -0.3 is 15.0 Å². The van der Waals surface area contributed by atoms with Gasteiger partial charge in [0.2, 0.25) is 0 Å². The van der Waals surface area contributed by atoms with Crippen LogP contribution in [0, 0.1) is 12.8 Å². The molecule has 0 bridgehead atoms. The lowest BCUT2D eigenvalue weighted by atomic mass is 9.96. The summed E-state index contributed by atoms with van der Waals surface area (Å²) in [6.07, 6.45) is 1.14. The van der Waals surface area contributed by atoms with Crippen molar-refractivity contribution in [2.45, 2.75) is 46.2 Å². The monoisotopic (exact) mass is 310 g/mol. The van der Waals surface area contributed by atoms with Gasteiger partial charge in [-0.1, -0.05) is 32.4 Å². The predicted molar refractivity (Wildman–Crippen MR) is 90.8 cm³/mol. The molecule has 2 atom stereocenters. The van der Waals surface area contributed by atoms with Crippen molar-refractivity contribution in [3.63, 3.8) is 0 Å². The fourth-order valence-corrected chi connectivity index (χ4v) is 3.17. The van der Waals surface area contributed by atoms with E-state index in [2.05, 4.69) is 44.0 Å². The van der Waals surface area contributed by atoms with Crippen molar-refractivity contribution < 1.29 is 4.74 Å². The number of nitrogens with one attached hydrogen (secondary N) is 1. The molecule has 0 radical (unpaired) electrons. The SMILES string of the molecule is CCC1CN(c2cc(C)c(Cl)cc2OC)C(C(C)C)CN1. The molecule has 1 heterocycles. The van der Waals surface area contributed by atoms with E-state index in [1.807, 2.05) is 6.07 Å². The molecule has 0 aliphatic carbocycles. The number of anilines is 1. The van der Waals surface area contributed by atoms with Gasteiger partial charge in [-0.25, -0.2) is 0 Å². The van der Waals surface area contributed by atoms with Crippen LogP contribution in [0.15, 0.2) is 12.1 Å². The Kier molecular flexibility index (Phi) is 5.39. The highest BCUT2D eigenvalue weighted by Gasteiger charge is 2.31. The molecule has 4 heteroatoms. The van der Waals surface area contributed by atoms with E-state index in [1.54, 1.807) is 7.11 Å². The van der Waals surface area contributed by atoms with Crippen LogP contribution in [0.1, 0.15) is 32.8 Å². The number of aryl methyl sites for hydroxylation is 1. The lowest BCUT2D eigenvalue weighted by molar-refractivity contribution is 0.328. The second-order valence-corrected chi connectivity index (χ2v) is 6.66. The maximum atomic E-state index is 6.25. The summed E-state index contributed by atoms with van der Waals surface area (Å²) in [5, 5.41) is 4.42. The highest BCUT2D eigenvalue weighted by molar-refractivity contribution is 6.31. The molecule has 1 N–H and O–H groups in total. The van der Waals surface area contributed by atoms with E-state index in [9.17, 15) is 0 Å². The first-order valence-corrected chi connectivity index (χ1v) is 8.19. The Hall–Kier alpha value is -0.930. The number of hydrogen-bond acceptors (Lipinski definition) is 3. The normalized spacial score (nSPS) is 22.7. The van der Waals surface area contributed by atoms with Crippen molar-refractivity contribution in [2.75, 3.05) is 25.1 Å². The highest BCUT2D eigenvalue weighted by Crippen LogP contribution is 2.36. The molecule has 1 aromatic rings. The van der Waals surface area contributed by atoms with Gasteiger partial charge in [0, 0.05) is 36.3 Å². The highest BCUT2D eigenvalue weighted by atomic mass is 35.5. The molecule has 2 unspecified atom stereocenters. The molecule has 3 nitrogen and oxygen atoms in total. The first-order chi connectivity index (χ1) is 9.97. The summed E-state index contributed by atoms with van der Waals surface area (Å²) in [4.78, 5) is 2.50. The van der Waals surface area contributed by atoms with Gasteiger partial charge in [0.15, 0.2) is 0 Å². The smallest absolute Gasteiger partial charge is 0.143 e. The number of nitrogens with zero attached hydrogens (tertiary/aromatic N) is 1. The Bertz CT molecular complexity index is 490. The number of ether oxygens (including phenoxy) is 1. The lowest BCUT2D eigenvalue weighted by Crippen LogP contribution is -2.58. The Morgan fingerprint density at radius 2 is 2.14 bits per heavy atom. The minimum absolute atomic E-state index is 0.474. The van der Waals surface area contributed by atoms with Crippen LogP contribution in [0.3, 0.4) is 0 Å². The summed E-state index contributed by atoms with van der Waals surface area (Å²) in [5.41, 5.74) is 2.26. The van der Waals surface area contributed by atoms with Crippen LogP contribution in [0.2, 0.25) is 5.02 Å². The third kappa shape index (κ3) is 3.46. The third-order valence-electron chi connectivity index (χ3n) is 4.46. The van der Waals surface area contributed by atoms with E-state index in [1.165, 1.54) is 0 Å². The van der Waals surface area contributed by atoms with E-state index in [0.717, 1.165) is 41.5 Å². The molecule has 0 spiro atoms. The molecule has 2 rings (SSSR count). The van der Waals surface area contributed by atoms with Crippen LogP contribution in [0.4, 0.5) is 5.69 Å². The number of rotatable bonds is 4. The molecular formula is C17H27ClN2O. The van der Waals surface area contributed by atoms with Gasteiger partial charge in [-0.3, -0.25) is 0 Å². The third-order valence-corrected chi connectivity index (χ3v) is 4.87. The van der Waals surface area contributed by atoms with Gasteiger partial charge in [0.25, 0.3) is 0 Å². The molecule has 21 heavy (non-hydrogen) atoms. The van der Waals surface area contributed by atoms with E-state index < -0.39 is 0 Å². The Labute approximate surface area is 133 Å². The van der Waals surface area contributed by atoms with E-state index in [-0.39, 0.29) is 0 Å². The van der Waals surface area contributed by atoms with Crippen LogP contribution in [-0.2, 0) is 0 Å². The summed E-state index contributed by atoms with van der Waals surface area (Å²) in [5.74, 6) is 1.45. The minimum Gasteiger partial charge on any atom is -0.495 e. The molecule has 1 aliphatic rings. The van der Waals surface area contributed by atoms with Crippen LogP contribution in [0.5, 0.6) is 5.75 Å². The summed E-state index contributed by atoms with van der Waals surface area (Å²) in [6.45, 7) is 10.9. The molecule has 1 aromatic carbocycles. The van der Waals surface area contributed by atoms with E-state index in [4.69, 9.17) is 16.3 Å². The van der Waals surface area contributed by atoms with Crippen molar-refractivity contribution >= 4 is 17.3 Å². The van der Waals surface area contributed by atoms with Gasteiger partial charge in [-0.2, -0.15) is 0 Å². The fraction of sp³-hybridized carbons (Fsp3) is 0.647. The van der Waals surface area contributed by atoms with Gasteiger partial charge in [0.05, 0.1) is 12.8 Å². The summed E-state index contributed by atoms with van der Waals surface area (Å²) < 4.78 is 5.58. The molecular weight excluding hydrogens is 284 g/mol. The molecule has 0 saturated carbocycles. The average molecular weight is 311 g/mol. The van der Waals surface area contributed by atoms with Crippen molar-refractivity contribution in [2.24, 2.45) is 5.92 Å². The average Bonchev–Trinajstić information content (AvgIpc) is 2.48. The standard InChI is InChI=1S/C17H27ClN2O/c1-6-13-10-20(16(9-19-13)11(2)3)15-7-12(4)14(18)8-17(15)21-5/h7-8,11,13,16,19H,6,9-10H2,1-5H3. The van der Waals surface area contributed by atoms with Crippen molar-refractivity contribution in [1.29, 1.82) is 0 Å². The Morgan fingerprint density at radius 3 is 2.71 bits per heavy atom. The quantitative estimate of drug-likeness (QED) is 0.913. The van der Waals surface area contributed by atoms with Crippen molar-refractivity contribution in [3.05, 3.63) is 22.7 Å². The maximum Gasteiger partial charge on any atom is 0.143 e. The summed E-state index contributed by atoms with van der Waals surface area (Å²) in [6, 6.07) is 5.10. The second kappa shape index (κ2) is 6.89. The fourth-order valence-electron chi connectivity index (χ4n) is 3.02. The number of hydrogen-bond donors (Lipinski definition) is 1. The number of methoxy groups -OCH3 is 1. The zero-order valence-corrected chi connectivity index (χ0v) is 14.5. The van der Waals surface area contributed by atoms with Gasteiger partial charge in [-0.15, -0.1) is 0 Å². The van der Waals surface area contributed by atoms with Crippen molar-refractivity contribution in [1.82, 2.24) is 5.32 Å². The molecule has 0 amide bonds. The first-order valence-electron chi connectivity index (χ1n) is 7.82. The summed E-state index contributed by atoms with van der Waals surface area (Å²) in [7, 11) is 1.72. The molecule has 118 valence electrons. The van der Waals surface area contributed by atoms with Crippen LogP contribution < -0.4 is 15.0 Å². The summed E-state index contributed by atoms with van der Waals surface area (Å²) >= 11 is 6.25. The minimum atomic E-state index is 0.474. The van der Waals surface area contributed by atoms with Crippen LogP contribution in [-0.4, -0.2) is 32.3 Å². The maximum absolute atomic E-state index is 6.25. The Balaban J connectivity index is 2.41. The Morgan fingerprint density at radius 1 is 1.43 bits per heavy atom. The van der Waals surface area contributed by atoms with Gasteiger partial charge in [0.1, 0.15) is 5.75 Å². The molecule has 0 aromatic heterocycles. The molecule has 1 saturated heterocycles. The van der Waals surface area contributed by atoms with Crippen molar-refractivity contribution in [3.8, 4) is 5.75 Å². The zero-order valence-electron chi connectivity index (χ0n) is 13.7.